The molecule has 0 rings (SSSR count). The number of hydrogen-bond acceptors (Lipinski definition) is 5. The van der Waals surface area contributed by atoms with Crippen LogP contribution in [-0.4, -0.2) is 37.9 Å². The van der Waals surface area contributed by atoms with Crippen LogP contribution in [0.4, 0.5) is 0 Å². The summed E-state index contributed by atoms with van der Waals surface area (Å²) in [5.74, 6) is -0.422. The molecule has 0 bridgehead atoms. The molecule has 0 aromatic heterocycles. The van der Waals surface area contributed by atoms with Crippen molar-refractivity contribution in [3.63, 3.8) is 0 Å². The van der Waals surface area contributed by atoms with E-state index in [-0.39, 0.29) is 25.2 Å². The predicted octanol–water partition coefficient (Wildman–Crippen LogP) is 17.1. The number of esters is 2. The number of allylic oxidation sites excluding steroid dienone is 12. The molecule has 0 spiro atoms. The first-order chi connectivity index (χ1) is 29.6. The number of carbonyl (C=O) groups is 2. The summed E-state index contributed by atoms with van der Waals surface area (Å²) in [5, 5.41) is 0. The summed E-state index contributed by atoms with van der Waals surface area (Å²) in [6.07, 6.45) is 64.8. The Bertz CT molecular complexity index is 1080. The third kappa shape index (κ3) is 48.0. The van der Waals surface area contributed by atoms with Gasteiger partial charge in [0, 0.05) is 19.4 Å². The Morgan fingerprint density at radius 3 is 1.23 bits per heavy atom. The second kappa shape index (κ2) is 50.7. The van der Waals surface area contributed by atoms with Crippen molar-refractivity contribution >= 4 is 11.9 Å². The van der Waals surface area contributed by atoms with Gasteiger partial charge in [0.05, 0.1) is 6.61 Å². The summed E-state index contributed by atoms with van der Waals surface area (Å²) in [6.45, 7) is 7.62. The van der Waals surface area contributed by atoms with Crippen LogP contribution in [0.3, 0.4) is 0 Å². The first-order valence-corrected chi connectivity index (χ1v) is 25.5. The number of rotatable bonds is 46. The largest absolute Gasteiger partial charge is 0.462 e. The van der Waals surface area contributed by atoms with Crippen LogP contribution < -0.4 is 0 Å². The Balaban J connectivity index is 4.30. The Labute approximate surface area is 372 Å². The van der Waals surface area contributed by atoms with Crippen molar-refractivity contribution in [2.75, 3.05) is 19.8 Å². The maximum Gasteiger partial charge on any atom is 0.306 e. The lowest BCUT2D eigenvalue weighted by Gasteiger charge is -2.18. The first-order valence-electron chi connectivity index (χ1n) is 25.5. The molecule has 0 aliphatic rings. The minimum Gasteiger partial charge on any atom is -0.462 e. The van der Waals surface area contributed by atoms with Crippen LogP contribution in [0.25, 0.3) is 0 Å². The molecule has 1 atom stereocenters. The van der Waals surface area contributed by atoms with E-state index in [1.807, 2.05) is 0 Å². The van der Waals surface area contributed by atoms with Gasteiger partial charge in [-0.15, -0.1) is 0 Å². The summed E-state index contributed by atoms with van der Waals surface area (Å²) < 4.78 is 17.3. The van der Waals surface area contributed by atoms with Crippen molar-refractivity contribution in [1.29, 1.82) is 0 Å². The van der Waals surface area contributed by atoms with E-state index < -0.39 is 6.10 Å². The van der Waals surface area contributed by atoms with E-state index in [0.717, 1.165) is 89.9 Å². The smallest absolute Gasteiger partial charge is 0.306 e. The molecule has 1 unspecified atom stereocenters. The maximum absolute atomic E-state index is 12.8. The summed E-state index contributed by atoms with van der Waals surface area (Å²) in [7, 11) is 0. The van der Waals surface area contributed by atoms with Crippen LogP contribution in [0.1, 0.15) is 239 Å². The summed E-state index contributed by atoms with van der Waals surface area (Å²) >= 11 is 0. The van der Waals surface area contributed by atoms with Crippen LogP contribution in [0.5, 0.6) is 0 Å². The number of carbonyl (C=O) groups excluding carboxylic acids is 2. The molecule has 0 amide bonds. The van der Waals surface area contributed by atoms with Gasteiger partial charge in [-0.05, 0) is 89.9 Å². The molecular weight excluding hydrogens is 741 g/mol. The van der Waals surface area contributed by atoms with Crippen molar-refractivity contribution in [2.45, 2.75) is 245 Å². The molecule has 0 saturated heterocycles. The molecule has 5 nitrogen and oxygen atoms in total. The fourth-order valence-corrected chi connectivity index (χ4v) is 6.94. The first kappa shape index (κ1) is 57.3. The van der Waals surface area contributed by atoms with Gasteiger partial charge < -0.3 is 14.2 Å². The fraction of sp³-hybridized carbons (Fsp3) is 0.745. The molecule has 0 N–H and O–H groups in total. The third-order valence-corrected chi connectivity index (χ3v) is 10.7. The Hall–Kier alpha value is -2.66. The average Bonchev–Trinajstić information content (AvgIpc) is 3.25. The van der Waals surface area contributed by atoms with Gasteiger partial charge in [0.15, 0.2) is 6.10 Å². The van der Waals surface area contributed by atoms with E-state index in [2.05, 4.69) is 93.7 Å². The molecule has 60 heavy (non-hydrogen) atoms. The van der Waals surface area contributed by atoms with Gasteiger partial charge in [-0.2, -0.15) is 0 Å². The molecule has 0 fully saturated rings. The molecule has 0 saturated carbocycles. The predicted molar refractivity (Wildman–Crippen MR) is 260 cm³/mol. The highest BCUT2D eigenvalue weighted by Crippen LogP contribution is 2.14. The standard InChI is InChI=1S/C55H96O5/c1-4-7-10-13-16-19-22-24-26-28-29-31-34-36-39-42-45-48-54(56)59-52-53(60-55(57)49-46-43-40-37-33-21-18-15-12-9-6-3)51-58-50-47-44-41-38-35-32-30-27-25-23-20-17-14-11-8-5-2/h8,11,16-17,19-20,24-27,32,35,53H,4-7,9-10,12-15,18,21-23,28-31,33-34,36-52H2,1-3H3/b11-8-,19-16-,20-17-,26-24-,27-25-,35-32-. The van der Waals surface area contributed by atoms with Crippen molar-refractivity contribution < 1.29 is 23.8 Å². The van der Waals surface area contributed by atoms with E-state index in [4.69, 9.17) is 14.2 Å². The third-order valence-electron chi connectivity index (χ3n) is 10.7. The second-order valence-corrected chi connectivity index (χ2v) is 16.7. The van der Waals surface area contributed by atoms with Crippen LogP contribution >= 0.6 is 0 Å². The Morgan fingerprint density at radius 2 is 0.750 bits per heavy atom. The topological polar surface area (TPSA) is 61.8 Å². The van der Waals surface area contributed by atoms with Crippen LogP contribution in [0.2, 0.25) is 0 Å². The molecule has 0 aliphatic carbocycles. The SMILES string of the molecule is CC/C=C\C/C=C\C/C=C\C/C=C\CCCCCOCC(COC(=O)CCCCCCCCC/C=C\C/C=C\CCCCC)OC(=O)CCCCCCCCCCCCC. The van der Waals surface area contributed by atoms with Gasteiger partial charge in [-0.1, -0.05) is 209 Å². The Morgan fingerprint density at radius 1 is 0.383 bits per heavy atom. The average molecular weight is 837 g/mol. The van der Waals surface area contributed by atoms with E-state index in [9.17, 15) is 9.59 Å². The second-order valence-electron chi connectivity index (χ2n) is 16.7. The normalized spacial score (nSPS) is 12.8. The van der Waals surface area contributed by atoms with Crippen molar-refractivity contribution in [3.05, 3.63) is 72.9 Å². The highest BCUT2D eigenvalue weighted by molar-refractivity contribution is 5.70. The molecule has 0 heterocycles. The molecule has 5 heteroatoms. The van der Waals surface area contributed by atoms with Gasteiger partial charge in [-0.25, -0.2) is 0 Å². The molecule has 346 valence electrons. The summed E-state index contributed by atoms with van der Waals surface area (Å²) in [5.41, 5.74) is 0. The van der Waals surface area contributed by atoms with Gasteiger partial charge in [0.25, 0.3) is 0 Å². The molecular formula is C55H96O5. The van der Waals surface area contributed by atoms with E-state index in [1.54, 1.807) is 0 Å². The highest BCUT2D eigenvalue weighted by Gasteiger charge is 2.17. The van der Waals surface area contributed by atoms with Gasteiger partial charge >= 0.3 is 11.9 Å². The zero-order valence-electron chi connectivity index (χ0n) is 39.7. The zero-order chi connectivity index (χ0) is 43.5. The van der Waals surface area contributed by atoms with Crippen molar-refractivity contribution in [1.82, 2.24) is 0 Å². The van der Waals surface area contributed by atoms with Crippen LogP contribution in [-0.2, 0) is 23.8 Å². The highest BCUT2D eigenvalue weighted by atomic mass is 16.6. The molecule has 0 aromatic carbocycles. The van der Waals surface area contributed by atoms with Gasteiger partial charge in [0.2, 0.25) is 0 Å². The van der Waals surface area contributed by atoms with Crippen LogP contribution in [0.15, 0.2) is 72.9 Å². The van der Waals surface area contributed by atoms with E-state index in [1.165, 1.54) is 116 Å². The lowest BCUT2D eigenvalue weighted by Crippen LogP contribution is -2.30. The van der Waals surface area contributed by atoms with Gasteiger partial charge in [0.1, 0.15) is 6.61 Å². The number of ether oxygens (including phenoxy) is 3. The quantitative estimate of drug-likeness (QED) is 0.0347. The summed E-state index contributed by atoms with van der Waals surface area (Å²) in [4.78, 5) is 25.3. The lowest BCUT2D eigenvalue weighted by atomic mass is 10.1. The van der Waals surface area contributed by atoms with E-state index >= 15 is 0 Å². The minimum absolute atomic E-state index is 0.0678. The molecule has 0 radical (unpaired) electrons. The maximum atomic E-state index is 12.8. The van der Waals surface area contributed by atoms with Crippen molar-refractivity contribution in [2.24, 2.45) is 0 Å². The minimum atomic E-state index is -0.555. The van der Waals surface area contributed by atoms with Crippen molar-refractivity contribution in [3.8, 4) is 0 Å². The monoisotopic (exact) mass is 837 g/mol. The zero-order valence-corrected chi connectivity index (χ0v) is 39.7. The van der Waals surface area contributed by atoms with E-state index in [0.29, 0.717) is 19.4 Å². The number of hydrogen-bond donors (Lipinski definition) is 0. The Kier molecular flexibility index (Phi) is 48.4. The fourth-order valence-electron chi connectivity index (χ4n) is 6.94. The molecule has 0 aromatic rings. The van der Waals surface area contributed by atoms with Crippen LogP contribution in [0, 0.1) is 0 Å². The lowest BCUT2D eigenvalue weighted by molar-refractivity contribution is -0.163. The molecule has 0 aliphatic heterocycles. The van der Waals surface area contributed by atoms with Gasteiger partial charge in [-0.3, -0.25) is 9.59 Å². The summed E-state index contributed by atoms with van der Waals surface area (Å²) in [6, 6.07) is 0. The number of unbranched alkanes of at least 4 members (excludes halogenated alkanes) is 23.